The summed E-state index contributed by atoms with van der Waals surface area (Å²) in [6, 6.07) is 7.75. The smallest absolute Gasteiger partial charge is 0.255 e. The van der Waals surface area contributed by atoms with Crippen molar-refractivity contribution in [3.63, 3.8) is 0 Å². The number of anilines is 2. The van der Waals surface area contributed by atoms with Crippen molar-refractivity contribution in [2.45, 2.75) is 6.92 Å². The number of aryl methyl sites for hydroxylation is 1. The summed E-state index contributed by atoms with van der Waals surface area (Å²) in [4.78, 5) is 35.0. The molecule has 0 atom stereocenters. The van der Waals surface area contributed by atoms with E-state index in [-0.39, 0.29) is 11.1 Å². The van der Waals surface area contributed by atoms with Crippen LogP contribution in [0.3, 0.4) is 0 Å². The maximum atomic E-state index is 13.3. The maximum Gasteiger partial charge on any atom is 0.255 e. The SMILES string of the molecule is Cc1ncc(NC(=O)c2ccnc(F)c2)cc1-c1cc(N2CCOCC2)n(C)c(=O)c1. The maximum absolute atomic E-state index is 13.3. The fraction of sp³-hybridized carbons (Fsp3) is 0.273. The molecule has 0 saturated carbocycles. The number of ether oxygens (including phenoxy) is 1. The van der Waals surface area contributed by atoms with Gasteiger partial charge in [-0.1, -0.05) is 0 Å². The Kier molecular flexibility index (Phi) is 5.77. The summed E-state index contributed by atoms with van der Waals surface area (Å²) in [7, 11) is 1.74. The Hall–Kier alpha value is -3.59. The van der Waals surface area contributed by atoms with Crippen LogP contribution >= 0.6 is 0 Å². The number of amides is 1. The molecule has 4 rings (SSSR count). The van der Waals surface area contributed by atoms with E-state index in [2.05, 4.69) is 20.2 Å². The van der Waals surface area contributed by atoms with Gasteiger partial charge in [0.25, 0.3) is 11.5 Å². The molecule has 3 aromatic heterocycles. The van der Waals surface area contributed by atoms with Crippen LogP contribution in [0, 0.1) is 12.9 Å². The Morgan fingerprint density at radius 3 is 2.68 bits per heavy atom. The van der Waals surface area contributed by atoms with Gasteiger partial charge in [-0.05, 0) is 30.7 Å². The molecule has 0 bridgehead atoms. The molecule has 0 aromatic carbocycles. The van der Waals surface area contributed by atoms with Gasteiger partial charge in [0.15, 0.2) is 0 Å². The molecular formula is C22H22FN5O3. The summed E-state index contributed by atoms with van der Waals surface area (Å²) in [5, 5.41) is 2.72. The third-order valence-corrected chi connectivity index (χ3v) is 5.22. The Morgan fingerprint density at radius 1 is 1.16 bits per heavy atom. The molecule has 0 spiro atoms. The summed E-state index contributed by atoms with van der Waals surface area (Å²) in [6.45, 7) is 4.45. The second-order valence-electron chi connectivity index (χ2n) is 7.28. The van der Waals surface area contributed by atoms with E-state index in [4.69, 9.17) is 4.74 Å². The lowest BCUT2D eigenvalue weighted by atomic mass is 10.0. The standard InChI is InChI=1S/C22H22FN5O3/c1-14-18(12-17(13-25-14)26-22(30)15-3-4-24-19(23)9-15)16-10-20(27(2)21(29)11-16)28-5-7-31-8-6-28/h3-4,9-13H,5-8H2,1-2H3,(H,26,30). The summed E-state index contributed by atoms with van der Waals surface area (Å²) in [6.07, 6.45) is 2.76. The lowest BCUT2D eigenvalue weighted by Gasteiger charge is -2.30. The molecule has 1 saturated heterocycles. The van der Waals surface area contributed by atoms with Gasteiger partial charge in [0.05, 0.1) is 25.1 Å². The Morgan fingerprint density at radius 2 is 1.94 bits per heavy atom. The zero-order valence-electron chi connectivity index (χ0n) is 17.3. The van der Waals surface area contributed by atoms with E-state index in [1.54, 1.807) is 23.7 Å². The molecular weight excluding hydrogens is 401 g/mol. The zero-order chi connectivity index (χ0) is 22.0. The van der Waals surface area contributed by atoms with Gasteiger partial charge >= 0.3 is 0 Å². The number of pyridine rings is 3. The van der Waals surface area contributed by atoms with Crippen LogP contribution in [-0.4, -0.2) is 46.7 Å². The predicted octanol–water partition coefficient (Wildman–Crippen LogP) is 2.38. The van der Waals surface area contributed by atoms with E-state index in [0.29, 0.717) is 43.2 Å². The van der Waals surface area contributed by atoms with Crippen molar-refractivity contribution in [1.82, 2.24) is 14.5 Å². The lowest BCUT2D eigenvalue weighted by molar-refractivity contribution is 0.102. The highest BCUT2D eigenvalue weighted by Crippen LogP contribution is 2.27. The number of hydrogen-bond donors (Lipinski definition) is 1. The summed E-state index contributed by atoms with van der Waals surface area (Å²) < 4.78 is 20.3. The van der Waals surface area contributed by atoms with Gasteiger partial charge in [-0.2, -0.15) is 4.39 Å². The predicted molar refractivity (Wildman–Crippen MR) is 115 cm³/mol. The third-order valence-electron chi connectivity index (χ3n) is 5.22. The van der Waals surface area contributed by atoms with Gasteiger partial charge in [0.1, 0.15) is 5.82 Å². The molecule has 1 aliphatic rings. The number of rotatable bonds is 4. The van der Waals surface area contributed by atoms with Crippen LogP contribution in [0.25, 0.3) is 11.1 Å². The Labute approximate surface area is 178 Å². The van der Waals surface area contributed by atoms with Crippen molar-refractivity contribution in [2.75, 3.05) is 36.5 Å². The molecule has 1 amide bonds. The van der Waals surface area contributed by atoms with Gasteiger partial charge in [0, 0.05) is 55.3 Å². The van der Waals surface area contributed by atoms with Crippen molar-refractivity contribution in [3.05, 3.63) is 70.3 Å². The summed E-state index contributed by atoms with van der Waals surface area (Å²) in [5.41, 5.74) is 2.61. The largest absolute Gasteiger partial charge is 0.378 e. The van der Waals surface area contributed by atoms with E-state index in [9.17, 15) is 14.0 Å². The Balaban J connectivity index is 1.68. The molecule has 1 fully saturated rings. The van der Waals surface area contributed by atoms with Gasteiger partial charge in [0.2, 0.25) is 5.95 Å². The average molecular weight is 423 g/mol. The second-order valence-corrected chi connectivity index (χ2v) is 7.28. The van der Waals surface area contributed by atoms with E-state index in [1.165, 1.54) is 18.5 Å². The molecule has 9 heteroatoms. The lowest BCUT2D eigenvalue weighted by Crippen LogP contribution is -2.39. The summed E-state index contributed by atoms with van der Waals surface area (Å²) >= 11 is 0. The average Bonchev–Trinajstić information content (AvgIpc) is 2.77. The van der Waals surface area contributed by atoms with Gasteiger partial charge < -0.3 is 15.0 Å². The van der Waals surface area contributed by atoms with E-state index in [0.717, 1.165) is 17.4 Å². The van der Waals surface area contributed by atoms with E-state index in [1.807, 2.05) is 13.0 Å². The first-order valence-corrected chi connectivity index (χ1v) is 9.86. The van der Waals surface area contributed by atoms with Crippen LogP contribution in [0.2, 0.25) is 0 Å². The molecule has 0 aliphatic carbocycles. The van der Waals surface area contributed by atoms with Crippen molar-refractivity contribution < 1.29 is 13.9 Å². The van der Waals surface area contributed by atoms with Crippen LogP contribution in [0.5, 0.6) is 0 Å². The molecule has 0 radical (unpaired) electrons. The number of morpholine rings is 1. The molecule has 4 heterocycles. The highest BCUT2D eigenvalue weighted by molar-refractivity contribution is 6.04. The van der Waals surface area contributed by atoms with Gasteiger partial charge in [-0.15, -0.1) is 0 Å². The van der Waals surface area contributed by atoms with Gasteiger partial charge in [-0.3, -0.25) is 19.1 Å². The number of hydrogen-bond acceptors (Lipinski definition) is 6. The van der Waals surface area contributed by atoms with Crippen molar-refractivity contribution >= 4 is 17.4 Å². The van der Waals surface area contributed by atoms with Crippen molar-refractivity contribution in [2.24, 2.45) is 7.05 Å². The molecule has 0 unspecified atom stereocenters. The number of carbonyl (C=O) groups excluding carboxylic acids is 1. The van der Waals surface area contributed by atoms with Crippen LogP contribution < -0.4 is 15.8 Å². The fourth-order valence-electron chi connectivity index (χ4n) is 3.51. The molecule has 160 valence electrons. The van der Waals surface area contributed by atoms with Crippen molar-refractivity contribution in [1.29, 1.82) is 0 Å². The highest BCUT2D eigenvalue weighted by Gasteiger charge is 2.17. The minimum Gasteiger partial charge on any atom is -0.378 e. The second kappa shape index (κ2) is 8.65. The van der Waals surface area contributed by atoms with E-state index < -0.39 is 11.9 Å². The monoisotopic (exact) mass is 423 g/mol. The van der Waals surface area contributed by atoms with Crippen LogP contribution in [0.1, 0.15) is 16.1 Å². The van der Waals surface area contributed by atoms with Crippen LogP contribution in [0.4, 0.5) is 15.9 Å². The molecule has 31 heavy (non-hydrogen) atoms. The van der Waals surface area contributed by atoms with Crippen LogP contribution in [0.15, 0.2) is 47.5 Å². The topological polar surface area (TPSA) is 89.3 Å². The first-order valence-electron chi connectivity index (χ1n) is 9.86. The number of aromatic nitrogens is 3. The Bertz CT molecular complexity index is 1190. The number of nitrogens with zero attached hydrogens (tertiary/aromatic N) is 4. The highest BCUT2D eigenvalue weighted by atomic mass is 19.1. The zero-order valence-corrected chi connectivity index (χ0v) is 17.3. The fourth-order valence-corrected chi connectivity index (χ4v) is 3.51. The van der Waals surface area contributed by atoms with E-state index >= 15 is 0 Å². The number of carbonyl (C=O) groups is 1. The first kappa shape index (κ1) is 20.7. The molecule has 3 aromatic rings. The van der Waals surface area contributed by atoms with Crippen LogP contribution in [-0.2, 0) is 11.8 Å². The molecule has 1 aliphatic heterocycles. The normalized spacial score (nSPS) is 13.8. The number of halogens is 1. The minimum absolute atomic E-state index is 0.139. The molecule has 8 nitrogen and oxygen atoms in total. The third kappa shape index (κ3) is 4.46. The molecule has 1 N–H and O–H groups in total. The summed E-state index contributed by atoms with van der Waals surface area (Å²) in [5.74, 6) is -0.408. The first-order chi connectivity index (χ1) is 14.9. The quantitative estimate of drug-likeness (QED) is 0.648. The number of nitrogens with one attached hydrogen (secondary N) is 1. The van der Waals surface area contributed by atoms with Crippen molar-refractivity contribution in [3.8, 4) is 11.1 Å². The van der Waals surface area contributed by atoms with Gasteiger partial charge in [-0.25, -0.2) is 4.98 Å². The minimum atomic E-state index is -0.730.